The summed E-state index contributed by atoms with van der Waals surface area (Å²) in [7, 11) is -2.09. The van der Waals surface area contributed by atoms with Crippen LogP contribution in [0.25, 0.3) is 10.2 Å². The first-order valence-corrected chi connectivity index (χ1v) is 11.4. The van der Waals surface area contributed by atoms with Gasteiger partial charge in [-0.2, -0.15) is 4.99 Å². The molecule has 0 aliphatic carbocycles. The highest BCUT2D eigenvalue weighted by Gasteiger charge is 2.21. The van der Waals surface area contributed by atoms with E-state index in [2.05, 4.69) is 4.99 Å². The number of rotatable bonds is 7. The van der Waals surface area contributed by atoms with Gasteiger partial charge in [-0.15, -0.1) is 0 Å². The lowest BCUT2D eigenvalue weighted by molar-refractivity contribution is -0.384. The molecule has 0 saturated heterocycles. The van der Waals surface area contributed by atoms with Gasteiger partial charge in [0, 0.05) is 25.8 Å². The summed E-state index contributed by atoms with van der Waals surface area (Å²) in [6.07, 6.45) is 0. The van der Waals surface area contributed by atoms with Gasteiger partial charge in [0.25, 0.3) is 11.6 Å². The van der Waals surface area contributed by atoms with Crippen LogP contribution in [0.15, 0.2) is 52.4 Å². The molecule has 3 rings (SSSR count). The Balaban J connectivity index is 2.19. The van der Waals surface area contributed by atoms with Crippen molar-refractivity contribution < 1.29 is 22.9 Å². The lowest BCUT2D eigenvalue weighted by Gasteiger charge is -2.06. The summed E-state index contributed by atoms with van der Waals surface area (Å²) in [6, 6.07) is 10.3. The van der Waals surface area contributed by atoms with Gasteiger partial charge >= 0.3 is 0 Å². The molecule has 0 saturated carbocycles. The number of fused-ring (bicyclic) bond motifs is 1. The highest BCUT2D eigenvalue weighted by Crippen LogP contribution is 2.23. The lowest BCUT2D eigenvalue weighted by atomic mass is 10.2. The quantitative estimate of drug-likeness (QED) is 0.404. The molecule has 0 bridgehead atoms. The van der Waals surface area contributed by atoms with E-state index < -0.39 is 20.7 Å². The first-order valence-electron chi connectivity index (χ1n) is 8.96. The van der Waals surface area contributed by atoms with Crippen LogP contribution >= 0.6 is 11.3 Å². The van der Waals surface area contributed by atoms with Crippen LogP contribution in [0.5, 0.6) is 0 Å². The fourth-order valence-corrected chi connectivity index (χ4v) is 4.99. The van der Waals surface area contributed by atoms with Crippen LogP contribution in [-0.2, 0) is 21.1 Å². The third-order valence-corrected chi connectivity index (χ3v) is 7.27. The van der Waals surface area contributed by atoms with Gasteiger partial charge in [0.15, 0.2) is 14.6 Å². The second kappa shape index (κ2) is 8.86. The number of nitro groups is 1. The maximum absolute atomic E-state index is 12.9. The van der Waals surface area contributed by atoms with E-state index in [4.69, 9.17) is 4.74 Å². The van der Waals surface area contributed by atoms with Gasteiger partial charge in [-0.3, -0.25) is 14.9 Å². The Bertz CT molecular complexity index is 1290. The molecule has 1 aromatic heterocycles. The molecule has 2 aromatic carbocycles. The fraction of sp³-hybridized carbons (Fsp3) is 0.263. The minimum absolute atomic E-state index is 0.0129. The summed E-state index contributed by atoms with van der Waals surface area (Å²) in [5.74, 6) is -0.840. The summed E-state index contributed by atoms with van der Waals surface area (Å²) >= 11 is 1.18. The van der Waals surface area contributed by atoms with E-state index in [-0.39, 0.29) is 21.9 Å². The average molecular weight is 450 g/mol. The maximum atomic E-state index is 12.9. The molecule has 30 heavy (non-hydrogen) atoms. The molecule has 11 heteroatoms. The number of hydrogen-bond donors (Lipinski definition) is 0. The molecule has 1 heterocycles. The number of nitrogens with zero attached hydrogens (tertiary/aromatic N) is 3. The van der Waals surface area contributed by atoms with Crippen LogP contribution < -0.4 is 4.80 Å². The number of thiazole rings is 1. The summed E-state index contributed by atoms with van der Waals surface area (Å²) in [6.45, 7) is 2.13. The first kappa shape index (κ1) is 21.8. The van der Waals surface area contributed by atoms with E-state index in [0.29, 0.717) is 28.2 Å². The van der Waals surface area contributed by atoms with Crippen molar-refractivity contribution in [2.24, 2.45) is 4.99 Å². The number of benzene rings is 2. The Labute approximate surface area is 176 Å². The molecule has 0 N–H and O–H groups in total. The number of sulfone groups is 1. The molecule has 3 aromatic rings. The van der Waals surface area contributed by atoms with Gasteiger partial charge in [-0.1, -0.05) is 30.4 Å². The molecule has 0 spiro atoms. The average Bonchev–Trinajstić information content (AvgIpc) is 3.08. The maximum Gasteiger partial charge on any atom is 0.280 e. The van der Waals surface area contributed by atoms with E-state index in [1.54, 1.807) is 22.8 Å². The number of aromatic nitrogens is 1. The van der Waals surface area contributed by atoms with Gasteiger partial charge in [0.05, 0.1) is 38.0 Å². The Kier molecular flexibility index (Phi) is 6.44. The number of amides is 1. The van der Waals surface area contributed by atoms with Crippen LogP contribution in [0.3, 0.4) is 0 Å². The molecule has 0 unspecified atom stereocenters. The third kappa shape index (κ3) is 4.32. The second-order valence-electron chi connectivity index (χ2n) is 6.25. The SMILES string of the molecule is CCS(=O)(=O)c1ccccc1C(=O)N=c1sc2ccc([N+](=O)[O-])cc2n1CCOC. The molecule has 0 aliphatic heterocycles. The molecule has 0 aliphatic rings. The fourth-order valence-electron chi connectivity index (χ4n) is 2.87. The van der Waals surface area contributed by atoms with Crippen molar-refractivity contribution in [1.29, 1.82) is 0 Å². The van der Waals surface area contributed by atoms with Gasteiger partial charge in [0.2, 0.25) is 0 Å². The van der Waals surface area contributed by atoms with E-state index in [0.717, 1.165) is 0 Å². The van der Waals surface area contributed by atoms with Gasteiger partial charge in [-0.05, 0) is 18.2 Å². The summed E-state index contributed by atoms with van der Waals surface area (Å²) in [4.78, 5) is 27.9. The summed E-state index contributed by atoms with van der Waals surface area (Å²) in [5, 5.41) is 11.1. The number of ether oxygens (including phenoxy) is 1. The molecule has 0 radical (unpaired) electrons. The van der Waals surface area contributed by atoms with Crippen molar-refractivity contribution >= 4 is 43.0 Å². The van der Waals surface area contributed by atoms with E-state index in [1.165, 1.54) is 49.6 Å². The number of non-ortho nitro benzene ring substituents is 1. The molecule has 1 amide bonds. The Morgan fingerprint density at radius 1 is 1.27 bits per heavy atom. The third-order valence-electron chi connectivity index (χ3n) is 4.43. The van der Waals surface area contributed by atoms with Crippen LogP contribution in [0, 0.1) is 10.1 Å². The van der Waals surface area contributed by atoms with Crippen molar-refractivity contribution in [3.05, 3.63) is 62.9 Å². The smallest absolute Gasteiger partial charge is 0.280 e. The Morgan fingerprint density at radius 2 is 2.00 bits per heavy atom. The minimum atomic E-state index is -3.61. The second-order valence-corrected chi connectivity index (χ2v) is 9.51. The standard InChI is InChI=1S/C19H19N3O6S2/c1-3-30(26,27)17-7-5-4-6-14(17)18(23)20-19-21(10-11-28-2)15-12-13(22(24)25)8-9-16(15)29-19/h4-9,12H,3,10-11H2,1-2H3. The summed E-state index contributed by atoms with van der Waals surface area (Å²) in [5.41, 5.74) is 0.456. The largest absolute Gasteiger partial charge is 0.383 e. The normalized spacial score (nSPS) is 12.4. The van der Waals surface area contributed by atoms with Gasteiger partial charge < -0.3 is 9.30 Å². The molecule has 158 valence electrons. The van der Waals surface area contributed by atoms with Crippen molar-refractivity contribution in [2.75, 3.05) is 19.5 Å². The zero-order chi connectivity index (χ0) is 21.9. The number of carbonyl (C=O) groups is 1. The van der Waals surface area contributed by atoms with Crippen molar-refractivity contribution in [3.63, 3.8) is 0 Å². The summed E-state index contributed by atoms with van der Waals surface area (Å²) < 4.78 is 32.2. The van der Waals surface area contributed by atoms with E-state index in [9.17, 15) is 23.3 Å². The van der Waals surface area contributed by atoms with Crippen molar-refractivity contribution in [3.8, 4) is 0 Å². The topological polar surface area (TPSA) is 121 Å². The van der Waals surface area contributed by atoms with Crippen LogP contribution in [-0.4, -0.2) is 43.3 Å². The number of methoxy groups -OCH3 is 1. The Morgan fingerprint density at radius 3 is 2.67 bits per heavy atom. The first-order chi connectivity index (χ1) is 14.3. The number of hydrogen-bond acceptors (Lipinski definition) is 7. The Hall–Kier alpha value is -2.89. The molecular formula is C19H19N3O6S2. The van der Waals surface area contributed by atoms with Crippen LogP contribution in [0.4, 0.5) is 5.69 Å². The number of nitro benzene ring substituents is 1. The zero-order valence-electron chi connectivity index (χ0n) is 16.3. The minimum Gasteiger partial charge on any atom is -0.383 e. The highest BCUT2D eigenvalue weighted by molar-refractivity contribution is 7.91. The zero-order valence-corrected chi connectivity index (χ0v) is 17.9. The highest BCUT2D eigenvalue weighted by atomic mass is 32.2. The molecule has 9 nitrogen and oxygen atoms in total. The van der Waals surface area contributed by atoms with Crippen molar-refractivity contribution in [1.82, 2.24) is 4.57 Å². The molecule has 0 atom stereocenters. The molecule has 0 fully saturated rings. The lowest BCUT2D eigenvalue weighted by Crippen LogP contribution is -2.20. The van der Waals surface area contributed by atoms with Crippen LogP contribution in [0.1, 0.15) is 17.3 Å². The van der Waals surface area contributed by atoms with Crippen LogP contribution in [0.2, 0.25) is 0 Å². The van der Waals surface area contributed by atoms with Gasteiger partial charge in [0.1, 0.15) is 0 Å². The monoisotopic (exact) mass is 449 g/mol. The van der Waals surface area contributed by atoms with Crippen molar-refractivity contribution in [2.45, 2.75) is 18.4 Å². The van der Waals surface area contributed by atoms with E-state index in [1.807, 2.05) is 0 Å². The van der Waals surface area contributed by atoms with E-state index >= 15 is 0 Å². The molecular weight excluding hydrogens is 430 g/mol. The number of carbonyl (C=O) groups excluding carboxylic acids is 1. The van der Waals surface area contributed by atoms with Gasteiger partial charge in [-0.25, -0.2) is 8.42 Å². The predicted octanol–water partition coefficient (Wildman–Crippen LogP) is 2.79. The predicted molar refractivity (Wildman–Crippen MR) is 112 cm³/mol.